The Labute approximate surface area is 89.6 Å². The summed E-state index contributed by atoms with van der Waals surface area (Å²) in [4.78, 5) is 1.84. The predicted octanol–water partition coefficient (Wildman–Crippen LogP) is 2.25. The Morgan fingerprint density at radius 1 is 1.13 bits per heavy atom. The zero-order valence-electron chi connectivity index (χ0n) is 9.48. The molecule has 0 spiro atoms. The summed E-state index contributed by atoms with van der Waals surface area (Å²) in [7, 11) is 0. The largest absolute Gasteiger partial charge is 0.394 e. The second kappa shape index (κ2) is 7.06. The van der Waals surface area contributed by atoms with Gasteiger partial charge in [-0.1, -0.05) is 13.8 Å². The van der Waals surface area contributed by atoms with Crippen LogP contribution < -0.4 is 5.73 Å². The molecule has 0 radical (unpaired) electrons. The van der Waals surface area contributed by atoms with E-state index in [4.69, 9.17) is 5.73 Å². The van der Waals surface area contributed by atoms with E-state index in [2.05, 4.69) is 0 Å². The second-order valence-corrected chi connectivity index (χ2v) is 3.77. The van der Waals surface area contributed by atoms with Gasteiger partial charge >= 0.3 is 6.18 Å². The average Bonchev–Trinajstić information content (AvgIpc) is 2.12. The minimum atomic E-state index is -4.17. The first-order valence-corrected chi connectivity index (χ1v) is 5.44. The molecule has 2 N–H and O–H groups in total. The molecular weight excluding hydrogens is 205 g/mol. The van der Waals surface area contributed by atoms with Gasteiger partial charge in [-0.3, -0.25) is 0 Å². The normalized spacial score (nSPS) is 14.6. The topological polar surface area (TPSA) is 29.3 Å². The van der Waals surface area contributed by atoms with Crippen molar-refractivity contribution in [3.63, 3.8) is 0 Å². The Bertz CT molecular complexity index is 153. The van der Waals surface area contributed by atoms with Crippen LogP contribution in [0.2, 0.25) is 0 Å². The molecule has 15 heavy (non-hydrogen) atoms. The van der Waals surface area contributed by atoms with Gasteiger partial charge in [0, 0.05) is 13.1 Å². The zero-order chi connectivity index (χ0) is 11.9. The molecule has 1 atom stereocenters. The van der Waals surface area contributed by atoms with E-state index in [0.29, 0.717) is 13.1 Å². The highest BCUT2D eigenvalue weighted by atomic mass is 19.4. The van der Waals surface area contributed by atoms with Crippen molar-refractivity contribution in [2.75, 3.05) is 26.2 Å². The summed E-state index contributed by atoms with van der Waals surface area (Å²) < 4.78 is 37.4. The summed E-state index contributed by atoms with van der Waals surface area (Å²) in [5.74, 6) is -1.39. The Morgan fingerprint density at radius 2 is 1.60 bits per heavy atom. The van der Waals surface area contributed by atoms with Gasteiger partial charge in [0.2, 0.25) is 0 Å². The number of hydrogen-bond donors (Lipinski definition) is 1. The van der Waals surface area contributed by atoms with Crippen LogP contribution in [0.25, 0.3) is 0 Å². The van der Waals surface area contributed by atoms with Gasteiger partial charge in [0.05, 0.1) is 5.92 Å². The quantitative estimate of drug-likeness (QED) is 0.721. The molecule has 0 aliphatic heterocycles. The van der Waals surface area contributed by atoms with Crippen LogP contribution in [0, 0.1) is 5.92 Å². The Kier molecular flexibility index (Phi) is 6.92. The SMILES string of the molecule is CCCN(CCC)CC(CN)C(F)(F)F. The number of halogens is 3. The van der Waals surface area contributed by atoms with Crippen LogP contribution in [-0.4, -0.2) is 37.3 Å². The van der Waals surface area contributed by atoms with Crippen molar-refractivity contribution in [3.05, 3.63) is 0 Å². The Morgan fingerprint density at radius 3 is 1.87 bits per heavy atom. The maximum Gasteiger partial charge on any atom is 0.394 e. The van der Waals surface area contributed by atoms with E-state index >= 15 is 0 Å². The second-order valence-electron chi connectivity index (χ2n) is 3.77. The molecule has 0 aromatic carbocycles. The summed E-state index contributed by atoms with van der Waals surface area (Å²) in [6, 6.07) is 0. The van der Waals surface area contributed by atoms with E-state index in [1.807, 2.05) is 18.7 Å². The van der Waals surface area contributed by atoms with Crippen LogP contribution >= 0.6 is 0 Å². The van der Waals surface area contributed by atoms with E-state index < -0.39 is 12.1 Å². The molecule has 0 amide bonds. The van der Waals surface area contributed by atoms with Crippen molar-refractivity contribution < 1.29 is 13.2 Å². The van der Waals surface area contributed by atoms with Gasteiger partial charge in [-0.15, -0.1) is 0 Å². The first-order chi connectivity index (χ1) is 6.95. The predicted molar refractivity (Wildman–Crippen MR) is 55.6 cm³/mol. The fourth-order valence-corrected chi connectivity index (χ4v) is 1.55. The maximum atomic E-state index is 12.5. The molecule has 0 rings (SSSR count). The minimum Gasteiger partial charge on any atom is -0.330 e. The van der Waals surface area contributed by atoms with Crippen molar-refractivity contribution >= 4 is 0 Å². The monoisotopic (exact) mass is 226 g/mol. The maximum absolute atomic E-state index is 12.5. The molecule has 0 aromatic rings. The highest BCUT2D eigenvalue weighted by molar-refractivity contribution is 4.73. The first-order valence-electron chi connectivity index (χ1n) is 5.44. The lowest BCUT2D eigenvalue weighted by Gasteiger charge is -2.27. The summed E-state index contributed by atoms with van der Waals surface area (Å²) in [5, 5.41) is 0. The molecule has 2 nitrogen and oxygen atoms in total. The molecule has 1 unspecified atom stereocenters. The van der Waals surface area contributed by atoms with Gasteiger partial charge in [0.1, 0.15) is 0 Å². The summed E-state index contributed by atoms with van der Waals surface area (Å²) >= 11 is 0. The van der Waals surface area contributed by atoms with Gasteiger partial charge in [-0.2, -0.15) is 13.2 Å². The van der Waals surface area contributed by atoms with Crippen LogP contribution in [0.4, 0.5) is 13.2 Å². The molecule has 0 fully saturated rings. The molecule has 0 saturated heterocycles. The molecule has 0 aliphatic carbocycles. The molecule has 0 bridgehead atoms. The van der Waals surface area contributed by atoms with Crippen LogP contribution in [0.5, 0.6) is 0 Å². The smallest absolute Gasteiger partial charge is 0.330 e. The van der Waals surface area contributed by atoms with E-state index in [-0.39, 0.29) is 13.1 Å². The van der Waals surface area contributed by atoms with E-state index in [0.717, 1.165) is 12.8 Å². The van der Waals surface area contributed by atoms with E-state index in [1.165, 1.54) is 0 Å². The van der Waals surface area contributed by atoms with Crippen molar-refractivity contribution in [2.24, 2.45) is 11.7 Å². The zero-order valence-corrected chi connectivity index (χ0v) is 9.48. The first kappa shape index (κ1) is 14.7. The molecular formula is C10H21F3N2. The standard InChI is InChI=1S/C10H21F3N2/c1-3-5-15(6-4-2)8-9(7-14)10(11,12)13/h9H,3-8,14H2,1-2H3. The van der Waals surface area contributed by atoms with Crippen LogP contribution in [0.1, 0.15) is 26.7 Å². The lowest BCUT2D eigenvalue weighted by Crippen LogP contribution is -2.41. The summed E-state index contributed by atoms with van der Waals surface area (Å²) in [6.45, 7) is 5.05. The van der Waals surface area contributed by atoms with Crippen molar-refractivity contribution in [3.8, 4) is 0 Å². The van der Waals surface area contributed by atoms with Gasteiger partial charge in [-0.25, -0.2) is 0 Å². The molecule has 5 heteroatoms. The molecule has 92 valence electrons. The van der Waals surface area contributed by atoms with Gasteiger partial charge in [0.25, 0.3) is 0 Å². The average molecular weight is 226 g/mol. The fraction of sp³-hybridized carbons (Fsp3) is 1.00. The van der Waals surface area contributed by atoms with E-state index in [9.17, 15) is 13.2 Å². The van der Waals surface area contributed by atoms with Crippen molar-refractivity contribution in [2.45, 2.75) is 32.9 Å². The van der Waals surface area contributed by atoms with Crippen LogP contribution in [0.15, 0.2) is 0 Å². The third-order valence-corrected chi connectivity index (χ3v) is 2.31. The molecule has 0 saturated carbocycles. The van der Waals surface area contributed by atoms with Crippen molar-refractivity contribution in [1.29, 1.82) is 0 Å². The van der Waals surface area contributed by atoms with Crippen LogP contribution in [-0.2, 0) is 0 Å². The molecule has 0 aliphatic rings. The number of hydrogen-bond acceptors (Lipinski definition) is 2. The van der Waals surface area contributed by atoms with Crippen molar-refractivity contribution in [1.82, 2.24) is 4.90 Å². The Hall–Kier alpha value is -0.290. The number of nitrogens with zero attached hydrogens (tertiary/aromatic N) is 1. The molecule has 0 aromatic heterocycles. The van der Waals surface area contributed by atoms with E-state index in [1.54, 1.807) is 0 Å². The number of rotatable bonds is 7. The Balaban J connectivity index is 4.21. The minimum absolute atomic E-state index is 0.0294. The number of alkyl halides is 3. The summed E-state index contributed by atoms with van der Waals surface area (Å²) in [6.07, 6.45) is -2.43. The number of nitrogens with two attached hydrogens (primary N) is 1. The summed E-state index contributed by atoms with van der Waals surface area (Å²) in [5.41, 5.74) is 5.15. The van der Waals surface area contributed by atoms with Gasteiger partial charge < -0.3 is 10.6 Å². The molecule has 0 heterocycles. The van der Waals surface area contributed by atoms with Crippen LogP contribution in [0.3, 0.4) is 0 Å². The fourth-order valence-electron chi connectivity index (χ4n) is 1.55. The highest BCUT2D eigenvalue weighted by Gasteiger charge is 2.39. The highest BCUT2D eigenvalue weighted by Crippen LogP contribution is 2.26. The van der Waals surface area contributed by atoms with Gasteiger partial charge in [0.15, 0.2) is 0 Å². The van der Waals surface area contributed by atoms with Gasteiger partial charge in [-0.05, 0) is 25.9 Å². The lowest BCUT2D eigenvalue weighted by molar-refractivity contribution is -0.176. The third kappa shape index (κ3) is 5.99. The third-order valence-electron chi connectivity index (χ3n) is 2.31. The lowest BCUT2D eigenvalue weighted by atomic mass is 10.1.